The average molecular weight is 363 g/mol. The fraction of sp³-hybridized carbons (Fsp3) is 0. The van der Waals surface area contributed by atoms with Crippen LogP contribution in [-0.4, -0.2) is 9.97 Å². The molecule has 0 atom stereocenters. The predicted molar refractivity (Wildman–Crippen MR) is 72.2 cm³/mol. The molecule has 0 fully saturated rings. The SMILES string of the molecule is Clc1cccc(Nc2cc(Br)ncn2)c1Br. The number of rotatable bonds is 2. The van der Waals surface area contributed by atoms with Crippen LogP contribution in [0, 0.1) is 0 Å². The van der Waals surface area contributed by atoms with E-state index in [1.165, 1.54) is 6.33 Å². The van der Waals surface area contributed by atoms with Crippen molar-refractivity contribution in [2.24, 2.45) is 0 Å². The Morgan fingerprint density at radius 2 is 2.00 bits per heavy atom. The summed E-state index contributed by atoms with van der Waals surface area (Å²) in [5.74, 6) is 0.699. The molecule has 0 amide bonds. The monoisotopic (exact) mass is 361 g/mol. The van der Waals surface area contributed by atoms with Crippen molar-refractivity contribution in [3.05, 3.63) is 44.7 Å². The van der Waals surface area contributed by atoms with Gasteiger partial charge < -0.3 is 5.32 Å². The number of hydrogen-bond donors (Lipinski definition) is 1. The second-order valence-corrected chi connectivity index (χ2v) is 4.97. The van der Waals surface area contributed by atoms with Gasteiger partial charge in [-0.3, -0.25) is 0 Å². The Bertz CT molecular complexity index is 519. The Morgan fingerprint density at radius 1 is 1.19 bits per heavy atom. The molecular weight excluding hydrogens is 357 g/mol. The molecule has 0 spiro atoms. The molecular formula is C10H6Br2ClN3. The molecule has 0 aliphatic rings. The normalized spacial score (nSPS) is 10.2. The predicted octanol–water partition coefficient (Wildman–Crippen LogP) is 4.40. The Hall–Kier alpha value is -0.650. The molecule has 6 heteroatoms. The summed E-state index contributed by atoms with van der Waals surface area (Å²) >= 11 is 12.7. The third kappa shape index (κ3) is 2.72. The van der Waals surface area contributed by atoms with E-state index in [2.05, 4.69) is 47.1 Å². The quantitative estimate of drug-likeness (QED) is 0.804. The standard InChI is InChI=1S/C10H6Br2ClN3/c11-8-4-9(15-5-14-8)16-7-3-1-2-6(13)10(7)12/h1-5H,(H,14,15,16). The van der Waals surface area contributed by atoms with Crippen LogP contribution >= 0.6 is 43.5 Å². The van der Waals surface area contributed by atoms with E-state index in [0.29, 0.717) is 10.8 Å². The Kier molecular flexibility index (Phi) is 3.78. The fourth-order valence-corrected chi connectivity index (χ4v) is 1.99. The van der Waals surface area contributed by atoms with Crippen LogP contribution in [0.4, 0.5) is 11.5 Å². The van der Waals surface area contributed by atoms with Gasteiger partial charge in [0.2, 0.25) is 0 Å². The largest absolute Gasteiger partial charge is 0.339 e. The van der Waals surface area contributed by atoms with Gasteiger partial charge in [-0.25, -0.2) is 9.97 Å². The van der Waals surface area contributed by atoms with Crippen molar-refractivity contribution >= 4 is 55.0 Å². The van der Waals surface area contributed by atoms with Crippen LogP contribution in [0.2, 0.25) is 5.02 Å². The fourth-order valence-electron chi connectivity index (χ4n) is 1.14. The topological polar surface area (TPSA) is 37.8 Å². The van der Waals surface area contributed by atoms with Crippen LogP contribution in [-0.2, 0) is 0 Å². The molecule has 1 aromatic heterocycles. The van der Waals surface area contributed by atoms with E-state index in [4.69, 9.17) is 11.6 Å². The zero-order valence-corrected chi connectivity index (χ0v) is 11.8. The zero-order valence-electron chi connectivity index (χ0n) is 7.92. The van der Waals surface area contributed by atoms with Gasteiger partial charge in [-0.2, -0.15) is 0 Å². The second kappa shape index (κ2) is 5.12. The van der Waals surface area contributed by atoms with Crippen molar-refractivity contribution in [3.63, 3.8) is 0 Å². The average Bonchev–Trinajstić information content (AvgIpc) is 2.25. The first-order chi connectivity index (χ1) is 7.66. The summed E-state index contributed by atoms with van der Waals surface area (Å²) in [7, 11) is 0. The van der Waals surface area contributed by atoms with Crippen molar-refractivity contribution in [2.45, 2.75) is 0 Å². The van der Waals surface area contributed by atoms with Gasteiger partial charge in [-0.1, -0.05) is 17.7 Å². The molecule has 0 bridgehead atoms. The molecule has 0 aliphatic carbocycles. The number of benzene rings is 1. The zero-order chi connectivity index (χ0) is 11.5. The molecule has 0 radical (unpaired) electrons. The smallest absolute Gasteiger partial charge is 0.134 e. The van der Waals surface area contributed by atoms with E-state index in [1.807, 2.05) is 18.2 Å². The van der Waals surface area contributed by atoms with Gasteiger partial charge in [-0.05, 0) is 44.0 Å². The van der Waals surface area contributed by atoms with Crippen LogP contribution < -0.4 is 5.32 Å². The lowest BCUT2D eigenvalue weighted by atomic mass is 10.3. The molecule has 0 aliphatic heterocycles. The maximum Gasteiger partial charge on any atom is 0.134 e. The maximum absolute atomic E-state index is 5.98. The second-order valence-electron chi connectivity index (χ2n) is 2.95. The summed E-state index contributed by atoms with van der Waals surface area (Å²) in [6.45, 7) is 0. The highest BCUT2D eigenvalue weighted by molar-refractivity contribution is 9.10. The van der Waals surface area contributed by atoms with Crippen LogP contribution in [0.15, 0.2) is 39.7 Å². The Labute approximate surface area is 115 Å². The Morgan fingerprint density at radius 3 is 2.75 bits per heavy atom. The number of anilines is 2. The first kappa shape index (κ1) is 11.8. The minimum atomic E-state index is 0.651. The molecule has 3 nitrogen and oxygen atoms in total. The van der Waals surface area contributed by atoms with E-state index in [0.717, 1.165) is 14.8 Å². The molecule has 2 rings (SSSR count). The first-order valence-corrected chi connectivity index (χ1v) is 6.32. The molecule has 0 saturated heterocycles. The van der Waals surface area contributed by atoms with Crippen molar-refractivity contribution in [1.82, 2.24) is 9.97 Å². The van der Waals surface area contributed by atoms with E-state index in [9.17, 15) is 0 Å². The minimum absolute atomic E-state index is 0.651. The van der Waals surface area contributed by atoms with Crippen LogP contribution in [0.1, 0.15) is 0 Å². The van der Waals surface area contributed by atoms with Crippen molar-refractivity contribution < 1.29 is 0 Å². The van der Waals surface area contributed by atoms with Gasteiger partial charge in [0, 0.05) is 6.07 Å². The van der Waals surface area contributed by atoms with E-state index < -0.39 is 0 Å². The summed E-state index contributed by atoms with van der Waals surface area (Å²) in [4.78, 5) is 8.04. The van der Waals surface area contributed by atoms with Gasteiger partial charge in [0.1, 0.15) is 16.7 Å². The van der Waals surface area contributed by atoms with Crippen molar-refractivity contribution in [2.75, 3.05) is 5.32 Å². The summed E-state index contributed by atoms with van der Waals surface area (Å²) in [6, 6.07) is 7.37. The van der Waals surface area contributed by atoms with Crippen LogP contribution in [0.5, 0.6) is 0 Å². The molecule has 1 aromatic carbocycles. The molecule has 16 heavy (non-hydrogen) atoms. The highest BCUT2D eigenvalue weighted by Crippen LogP contribution is 2.31. The van der Waals surface area contributed by atoms with Crippen molar-refractivity contribution in [3.8, 4) is 0 Å². The van der Waals surface area contributed by atoms with Gasteiger partial charge in [0.15, 0.2) is 0 Å². The summed E-state index contributed by atoms with van der Waals surface area (Å²) in [6.07, 6.45) is 1.48. The minimum Gasteiger partial charge on any atom is -0.339 e. The molecule has 1 heterocycles. The van der Waals surface area contributed by atoms with Gasteiger partial charge in [0.05, 0.1) is 15.2 Å². The first-order valence-electron chi connectivity index (χ1n) is 4.35. The summed E-state index contributed by atoms with van der Waals surface area (Å²) in [5, 5.41) is 3.79. The molecule has 0 unspecified atom stereocenters. The lowest BCUT2D eigenvalue weighted by Crippen LogP contribution is -1.95. The van der Waals surface area contributed by atoms with E-state index in [-0.39, 0.29) is 0 Å². The molecule has 0 saturated carbocycles. The van der Waals surface area contributed by atoms with Gasteiger partial charge in [-0.15, -0.1) is 0 Å². The van der Waals surface area contributed by atoms with Crippen molar-refractivity contribution in [1.29, 1.82) is 0 Å². The lowest BCUT2D eigenvalue weighted by molar-refractivity contribution is 1.14. The molecule has 2 aromatic rings. The number of hydrogen-bond acceptors (Lipinski definition) is 3. The highest BCUT2D eigenvalue weighted by atomic mass is 79.9. The number of aromatic nitrogens is 2. The van der Waals surface area contributed by atoms with E-state index >= 15 is 0 Å². The number of nitrogens with zero attached hydrogens (tertiary/aromatic N) is 2. The Balaban J connectivity index is 2.31. The van der Waals surface area contributed by atoms with Gasteiger partial charge in [0.25, 0.3) is 0 Å². The molecule has 82 valence electrons. The summed E-state index contributed by atoms with van der Waals surface area (Å²) < 4.78 is 1.54. The third-order valence-corrected chi connectivity index (χ3v) is 3.68. The van der Waals surface area contributed by atoms with Gasteiger partial charge >= 0.3 is 0 Å². The van der Waals surface area contributed by atoms with Crippen LogP contribution in [0.3, 0.4) is 0 Å². The van der Waals surface area contributed by atoms with Crippen LogP contribution in [0.25, 0.3) is 0 Å². The highest BCUT2D eigenvalue weighted by Gasteiger charge is 2.04. The maximum atomic E-state index is 5.98. The molecule has 1 N–H and O–H groups in total. The van der Waals surface area contributed by atoms with E-state index in [1.54, 1.807) is 6.07 Å². The number of halogens is 3. The number of nitrogens with one attached hydrogen (secondary N) is 1. The summed E-state index contributed by atoms with van der Waals surface area (Å²) in [5.41, 5.74) is 0.859. The lowest BCUT2D eigenvalue weighted by Gasteiger charge is -2.08. The third-order valence-electron chi connectivity index (χ3n) is 1.85.